The van der Waals surface area contributed by atoms with Crippen molar-refractivity contribution in [2.24, 2.45) is 5.92 Å². The fraction of sp³-hybridized carbons (Fsp3) is 0.267. The van der Waals surface area contributed by atoms with Crippen molar-refractivity contribution in [3.05, 3.63) is 102 Å². The Labute approximate surface area is 220 Å². The van der Waals surface area contributed by atoms with E-state index in [1.165, 1.54) is 9.91 Å². The van der Waals surface area contributed by atoms with Crippen molar-refractivity contribution < 1.29 is 19.2 Å². The highest BCUT2D eigenvalue weighted by Crippen LogP contribution is 2.49. The summed E-state index contributed by atoms with van der Waals surface area (Å²) >= 11 is 0. The molecule has 0 bridgehead atoms. The number of para-hydroxylation sites is 1. The van der Waals surface area contributed by atoms with Crippen LogP contribution in [0.5, 0.6) is 0 Å². The minimum atomic E-state index is -0.948. The van der Waals surface area contributed by atoms with Crippen LogP contribution in [0.2, 0.25) is 0 Å². The van der Waals surface area contributed by atoms with Gasteiger partial charge in [-0.3, -0.25) is 24.2 Å². The molecule has 3 saturated heterocycles. The van der Waals surface area contributed by atoms with Crippen LogP contribution in [0.1, 0.15) is 41.7 Å². The summed E-state index contributed by atoms with van der Waals surface area (Å²) in [4.78, 5) is 56.1. The Kier molecular flexibility index (Phi) is 6.04. The van der Waals surface area contributed by atoms with Gasteiger partial charge < -0.3 is 5.32 Å². The van der Waals surface area contributed by atoms with Gasteiger partial charge in [-0.1, -0.05) is 80.1 Å². The third kappa shape index (κ3) is 3.63. The number of imide groups is 1. The number of anilines is 1. The smallest absolute Gasteiger partial charge is 0.262 e. The topological polar surface area (TPSA) is 90.0 Å². The number of carbonyl (C=O) groups excluding carboxylic acids is 4. The number of hydrogen-bond acceptors (Lipinski definition) is 5. The second-order valence-corrected chi connectivity index (χ2v) is 9.91. The number of nitrogens with zero attached hydrogens (tertiary/aromatic N) is 3. The number of amides is 4. The zero-order valence-corrected chi connectivity index (χ0v) is 20.9. The lowest BCUT2D eigenvalue weighted by Crippen LogP contribution is -2.48. The molecule has 3 heterocycles. The zero-order chi connectivity index (χ0) is 26.4. The summed E-state index contributed by atoms with van der Waals surface area (Å²) in [5, 5.41) is 6.33. The number of fused-ring (bicyclic) bond motifs is 3. The Morgan fingerprint density at radius 1 is 0.763 bits per heavy atom. The van der Waals surface area contributed by atoms with Crippen LogP contribution in [0, 0.1) is 5.92 Å². The van der Waals surface area contributed by atoms with Crippen molar-refractivity contribution in [1.29, 1.82) is 0 Å². The van der Waals surface area contributed by atoms with Gasteiger partial charge in [0.1, 0.15) is 12.1 Å². The van der Waals surface area contributed by atoms with Crippen LogP contribution in [0.25, 0.3) is 0 Å². The van der Waals surface area contributed by atoms with Crippen LogP contribution in [-0.4, -0.2) is 51.8 Å². The first-order chi connectivity index (χ1) is 18.5. The maximum atomic E-state index is 14.1. The predicted octanol–water partition coefficient (Wildman–Crippen LogP) is 3.33. The van der Waals surface area contributed by atoms with Gasteiger partial charge in [0.05, 0.1) is 17.6 Å². The molecule has 38 heavy (non-hydrogen) atoms. The van der Waals surface area contributed by atoms with Crippen molar-refractivity contribution in [2.75, 3.05) is 4.90 Å². The first-order valence-electron chi connectivity index (χ1n) is 13.0. The monoisotopic (exact) mass is 508 g/mol. The molecule has 8 nitrogen and oxygen atoms in total. The van der Waals surface area contributed by atoms with Crippen molar-refractivity contribution in [1.82, 2.24) is 15.3 Å². The lowest BCUT2D eigenvalue weighted by atomic mass is 9.89. The van der Waals surface area contributed by atoms with Crippen LogP contribution in [-0.2, 0) is 14.4 Å². The highest BCUT2D eigenvalue weighted by Gasteiger charge is 2.68. The largest absolute Gasteiger partial charge is 0.338 e. The Balaban J connectivity index is 1.43. The van der Waals surface area contributed by atoms with E-state index >= 15 is 0 Å². The summed E-state index contributed by atoms with van der Waals surface area (Å²) in [5.41, 5.74) is 1.78. The second-order valence-electron chi connectivity index (χ2n) is 9.91. The van der Waals surface area contributed by atoms with Crippen LogP contribution in [0.15, 0.2) is 91.0 Å². The van der Waals surface area contributed by atoms with E-state index in [2.05, 4.69) is 5.32 Å². The Bertz CT molecular complexity index is 1380. The molecule has 0 radical (unpaired) electrons. The molecule has 0 saturated carbocycles. The summed E-state index contributed by atoms with van der Waals surface area (Å²) in [6.07, 6.45) is 1.39. The summed E-state index contributed by atoms with van der Waals surface area (Å²) in [6, 6.07) is 24.3. The van der Waals surface area contributed by atoms with E-state index in [1.807, 2.05) is 54.4 Å². The summed E-state index contributed by atoms with van der Waals surface area (Å²) in [6.45, 7) is 2.03. The van der Waals surface area contributed by atoms with Gasteiger partial charge in [-0.25, -0.2) is 9.91 Å². The number of carbonyl (C=O) groups is 4. The first-order valence-corrected chi connectivity index (χ1v) is 13.0. The third-order valence-electron chi connectivity index (χ3n) is 7.74. The SMILES string of the molecule is CCC[C@H]1[C@@H]2C(=O)N(c3ccccc3)C(=O)[C@@H]2N2C(=O)[C@@H](NC(=O)c3ccccc3)[C@H](c3ccccc3)N12. The van der Waals surface area contributed by atoms with E-state index in [-0.39, 0.29) is 23.8 Å². The van der Waals surface area contributed by atoms with Gasteiger partial charge >= 0.3 is 0 Å². The maximum absolute atomic E-state index is 14.1. The van der Waals surface area contributed by atoms with Crippen LogP contribution < -0.4 is 10.2 Å². The van der Waals surface area contributed by atoms with Crippen LogP contribution in [0.3, 0.4) is 0 Å². The van der Waals surface area contributed by atoms with E-state index in [0.29, 0.717) is 17.7 Å². The summed E-state index contributed by atoms with van der Waals surface area (Å²) < 4.78 is 0. The number of hydrogen-bond donors (Lipinski definition) is 1. The highest BCUT2D eigenvalue weighted by molar-refractivity contribution is 6.25. The molecule has 0 aromatic heterocycles. The fourth-order valence-corrected chi connectivity index (χ4v) is 6.19. The number of nitrogens with one attached hydrogen (secondary N) is 1. The van der Waals surface area contributed by atoms with Crippen molar-refractivity contribution in [3.8, 4) is 0 Å². The number of benzene rings is 3. The van der Waals surface area contributed by atoms with Crippen LogP contribution >= 0.6 is 0 Å². The third-order valence-corrected chi connectivity index (χ3v) is 7.74. The minimum absolute atomic E-state index is 0.288. The van der Waals surface area contributed by atoms with Crippen molar-refractivity contribution in [3.63, 3.8) is 0 Å². The molecular weight excluding hydrogens is 480 g/mol. The first kappa shape index (κ1) is 24.1. The number of rotatable bonds is 6. The van der Waals surface area contributed by atoms with Crippen LogP contribution in [0.4, 0.5) is 5.69 Å². The lowest BCUT2D eigenvalue weighted by molar-refractivity contribution is -0.145. The molecule has 8 heteroatoms. The van der Waals surface area contributed by atoms with Gasteiger partial charge in [-0.2, -0.15) is 0 Å². The molecule has 3 aliphatic heterocycles. The molecule has 0 unspecified atom stereocenters. The second kappa shape index (κ2) is 9.54. The molecule has 5 atom stereocenters. The number of hydrazine groups is 1. The van der Waals surface area contributed by atoms with E-state index in [9.17, 15) is 19.2 Å². The Morgan fingerprint density at radius 3 is 2.00 bits per heavy atom. The summed E-state index contributed by atoms with van der Waals surface area (Å²) in [5.74, 6) is -2.12. The quantitative estimate of drug-likeness (QED) is 0.516. The molecular formula is C30H28N4O4. The molecule has 3 aliphatic rings. The Hall–Kier alpha value is -4.30. The molecule has 3 aromatic carbocycles. The van der Waals surface area contributed by atoms with E-state index in [0.717, 1.165) is 12.0 Å². The molecule has 6 rings (SSSR count). The lowest BCUT2D eigenvalue weighted by Gasteiger charge is -2.34. The standard InChI is InChI=1S/C30H28N4O4/c1-2-12-22-23-26(30(38)32(28(23)36)21-17-10-5-11-18-21)34-29(37)24(31-27(35)20-15-8-4-9-16-20)25(33(22)34)19-13-6-3-7-14-19/h3-11,13-18,22-26H,2,12H2,1H3,(H,31,35)/t22-,23-,24-,25-,26+/m0/s1. The van der Waals surface area contributed by atoms with Gasteiger partial charge in [0.2, 0.25) is 5.91 Å². The average molecular weight is 509 g/mol. The molecule has 1 N–H and O–H groups in total. The summed E-state index contributed by atoms with van der Waals surface area (Å²) in [7, 11) is 0. The van der Waals surface area contributed by atoms with E-state index in [4.69, 9.17) is 0 Å². The van der Waals surface area contributed by atoms with Gasteiger partial charge in [-0.15, -0.1) is 0 Å². The van der Waals surface area contributed by atoms with Gasteiger partial charge in [0.25, 0.3) is 17.7 Å². The fourth-order valence-electron chi connectivity index (χ4n) is 6.19. The zero-order valence-electron chi connectivity index (χ0n) is 20.9. The van der Waals surface area contributed by atoms with Gasteiger partial charge in [0.15, 0.2) is 0 Å². The Morgan fingerprint density at radius 2 is 1.37 bits per heavy atom. The van der Waals surface area contributed by atoms with Gasteiger partial charge in [0, 0.05) is 11.6 Å². The molecule has 3 aromatic rings. The molecule has 0 spiro atoms. The molecule has 3 fully saturated rings. The highest BCUT2D eigenvalue weighted by atomic mass is 16.2. The van der Waals surface area contributed by atoms with E-state index in [1.54, 1.807) is 48.5 Å². The minimum Gasteiger partial charge on any atom is -0.338 e. The van der Waals surface area contributed by atoms with Crippen molar-refractivity contribution in [2.45, 2.75) is 43.9 Å². The molecule has 0 aliphatic carbocycles. The molecule has 192 valence electrons. The normalized spacial score (nSPS) is 26.6. The average Bonchev–Trinajstić information content (AvgIpc) is 3.52. The molecule has 4 amide bonds. The van der Waals surface area contributed by atoms with E-state index < -0.39 is 30.0 Å². The van der Waals surface area contributed by atoms with Gasteiger partial charge in [-0.05, 0) is 36.2 Å². The predicted molar refractivity (Wildman–Crippen MR) is 140 cm³/mol. The maximum Gasteiger partial charge on any atom is 0.262 e. The van der Waals surface area contributed by atoms with Crippen molar-refractivity contribution >= 4 is 29.3 Å².